The first kappa shape index (κ1) is 73.1. The third-order valence-corrected chi connectivity index (χ3v) is 14.8. The zero-order valence-electron chi connectivity index (χ0n) is 50.8. The lowest BCUT2D eigenvalue weighted by Gasteiger charge is -2.18. The second kappa shape index (κ2) is 64.6. The highest BCUT2D eigenvalue weighted by atomic mass is 16.6. The van der Waals surface area contributed by atoms with Crippen molar-refractivity contribution in [2.45, 2.75) is 354 Å². The van der Waals surface area contributed by atoms with Crippen molar-refractivity contribution in [1.29, 1.82) is 0 Å². The van der Waals surface area contributed by atoms with Crippen LogP contribution >= 0.6 is 0 Å². The van der Waals surface area contributed by atoms with Gasteiger partial charge >= 0.3 is 17.9 Å². The van der Waals surface area contributed by atoms with Crippen molar-refractivity contribution >= 4 is 17.9 Å². The molecule has 0 amide bonds. The zero-order valence-corrected chi connectivity index (χ0v) is 50.8. The van der Waals surface area contributed by atoms with Crippen LogP contribution < -0.4 is 0 Å². The minimum absolute atomic E-state index is 0.0859. The molecule has 0 aliphatic rings. The summed E-state index contributed by atoms with van der Waals surface area (Å²) in [5.74, 6) is -0.914. The molecule has 0 N–H and O–H groups in total. The molecule has 0 spiro atoms. The van der Waals surface area contributed by atoms with Gasteiger partial charge in [0.15, 0.2) is 6.10 Å². The third-order valence-electron chi connectivity index (χ3n) is 14.8. The predicted octanol–water partition coefficient (Wildman–Crippen LogP) is 22.7. The van der Waals surface area contributed by atoms with Crippen LogP contribution in [-0.2, 0) is 28.6 Å². The Hall–Kier alpha value is -2.89. The summed E-state index contributed by atoms with van der Waals surface area (Å²) in [6, 6.07) is 0. The molecule has 0 saturated carbocycles. The number of esters is 3. The summed E-state index contributed by atoms with van der Waals surface area (Å²) in [6.45, 7) is 6.54. The van der Waals surface area contributed by atoms with Crippen molar-refractivity contribution in [2.75, 3.05) is 13.2 Å². The molecule has 0 saturated heterocycles. The van der Waals surface area contributed by atoms with Crippen LogP contribution in [0.25, 0.3) is 0 Å². The molecule has 0 heterocycles. The van der Waals surface area contributed by atoms with Gasteiger partial charge in [-0.3, -0.25) is 14.4 Å². The smallest absolute Gasteiger partial charge is 0.306 e. The average Bonchev–Trinajstić information content (AvgIpc) is 3.42. The molecule has 1 unspecified atom stereocenters. The maximum atomic E-state index is 12.9. The van der Waals surface area contributed by atoms with E-state index in [0.29, 0.717) is 19.3 Å². The Kier molecular flexibility index (Phi) is 62.2. The summed E-state index contributed by atoms with van der Waals surface area (Å²) < 4.78 is 16.9. The molecule has 0 fully saturated rings. The van der Waals surface area contributed by atoms with E-state index in [1.54, 1.807) is 0 Å². The van der Waals surface area contributed by atoms with Gasteiger partial charge in [-0.15, -0.1) is 0 Å². The average molecular weight is 1060 g/mol. The molecular formula is C70H126O6. The topological polar surface area (TPSA) is 78.9 Å². The largest absolute Gasteiger partial charge is 0.462 e. The highest BCUT2D eigenvalue weighted by molar-refractivity contribution is 5.71. The van der Waals surface area contributed by atoms with Crippen molar-refractivity contribution in [2.24, 2.45) is 0 Å². The van der Waals surface area contributed by atoms with E-state index in [4.69, 9.17) is 14.2 Å². The van der Waals surface area contributed by atoms with E-state index in [1.807, 2.05) is 0 Å². The molecule has 0 aromatic rings. The van der Waals surface area contributed by atoms with Gasteiger partial charge in [-0.05, 0) is 83.5 Å². The lowest BCUT2D eigenvalue weighted by Crippen LogP contribution is -2.30. The Labute approximate surface area is 472 Å². The number of carbonyl (C=O) groups excluding carboxylic acids is 3. The van der Waals surface area contributed by atoms with Gasteiger partial charge in [0.05, 0.1) is 0 Å². The molecule has 0 aliphatic carbocycles. The minimum Gasteiger partial charge on any atom is -0.462 e. The quantitative estimate of drug-likeness (QED) is 0.0261. The van der Waals surface area contributed by atoms with E-state index in [1.165, 1.54) is 225 Å². The Morgan fingerprint density at radius 3 is 0.842 bits per heavy atom. The van der Waals surface area contributed by atoms with E-state index < -0.39 is 6.10 Å². The molecule has 0 aromatic heterocycles. The maximum absolute atomic E-state index is 12.9. The van der Waals surface area contributed by atoms with Gasteiger partial charge in [0.2, 0.25) is 0 Å². The number of hydrogen-bond acceptors (Lipinski definition) is 6. The minimum atomic E-state index is -0.793. The lowest BCUT2D eigenvalue weighted by molar-refractivity contribution is -0.167. The van der Waals surface area contributed by atoms with E-state index in [2.05, 4.69) is 81.5 Å². The van der Waals surface area contributed by atoms with E-state index >= 15 is 0 Å². The molecule has 442 valence electrons. The van der Waals surface area contributed by atoms with Crippen molar-refractivity contribution < 1.29 is 28.6 Å². The fraction of sp³-hybridized carbons (Fsp3) is 0.814. The standard InChI is InChI=1S/C70H126O6/c1-4-7-10-13-16-19-22-25-28-30-32-33-34-35-36-37-38-40-42-45-48-51-54-57-60-63-69(72)75-66-67(65-74-68(71)62-59-56-53-50-47-44-41-27-24-21-18-15-12-9-6-3)76-70(73)64-61-58-55-52-49-46-43-39-31-29-26-23-20-17-14-11-8-5-2/h9,12,18,21,27,29,31,41,47,50,67H,4-8,10-11,13-17,19-20,22-26,28,30,32-40,42-46,48-49,51-66H2,1-3H3/b12-9-,21-18-,31-29-,41-27-,50-47-. The molecule has 0 aliphatic heterocycles. The summed E-state index contributed by atoms with van der Waals surface area (Å²) >= 11 is 0. The number of carbonyl (C=O) groups is 3. The molecule has 1 atom stereocenters. The van der Waals surface area contributed by atoms with Crippen LogP contribution in [0.1, 0.15) is 348 Å². The number of unbranched alkanes of at least 4 members (excludes halogenated alkanes) is 40. The van der Waals surface area contributed by atoms with Gasteiger partial charge in [-0.2, -0.15) is 0 Å². The zero-order chi connectivity index (χ0) is 55.0. The lowest BCUT2D eigenvalue weighted by atomic mass is 10.0. The second-order valence-electron chi connectivity index (χ2n) is 22.4. The van der Waals surface area contributed by atoms with E-state index in [0.717, 1.165) is 83.5 Å². The van der Waals surface area contributed by atoms with Crippen LogP contribution in [0.5, 0.6) is 0 Å². The number of rotatable bonds is 61. The van der Waals surface area contributed by atoms with Gasteiger partial charge in [-0.1, -0.05) is 306 Å². The molecular weight excluding hydrogens is 937 g/mol. The highest BCUT2D eigenvalue weighted by Crippen LogP contribution is 2.18. The van der Waals surface area contributed by atoms with Gasteiger partial charge in [-0.25, -0.2) is 0 Å². The molecule has 0 radical (unpaired) electrons. The molecule has 0 rings (SSSR count). The summed E-state index contributed by atoms with van der Waals surface area (Å²) in [6.07, 6.45) is 82.5. The first-order valence-electron chi connectivity index (χ1n) is 33.3. The Morgan fingerprint density at radius 1 is 0.276 bits per heavy atom. The van der Waals surface area contributed by atoms with Crippen LogP contribution in [0.2, 0.25) is 0 Å². The predicted molar refractivity (Wildman–Crippen MR) is 330 cm³/mol. The van der Waals surface area contributed by atoms with Crippen LogP contribution in [0.3, 0.4) is 0 Å². The first-order valence-corrected chi connectivity index (χ1v) is 33.3. The van der Waals surface area contributed by atoms with Gasteiger partial charge in [0.1, 0.15) is 13.2 Å². The normalized spacial score (nSPS) is 12.4. The fourth-order valence-electron chi connectivity index (χ4n) is 9.79. The molecule has 0 bridgehead atoms. The van der Waals surface area contributed by atoms with Crippen LogP contribution in [0.4, 0.5) is 0 Å². The van der Waals surface area contributed by atoms with Crippen LogP contribution in [0.15, 0.2) is 60.8 Å². The first-order chi connectivity index (χ1) is 37.5. The van der Waals surface area contributed by atoms with Crippen LogP contribution in [-0.4, -0.2) is 37.2 Å². The Morgan fingerprint density at radius 2 is 0.513 bits per heavy atom. The van der Waals surface area contributed by atoms with Gasteiger partial charge < -0.3 is 14.2 Å². The Balaban J connectivity index is 4.30. The monoisotopic (exact) mass is 1060 g/mol. The maximum Gasteiger partial charge on any atom is 0.306 e. The number of hydrogen-bond donors (Lipinski definition) is 0. The molecule has 6 nitrogen and oxygen atoms in total. The molecule has 6 heteroatoms. The molecule has 76 heavy (non-hydrogen) atoms. The molecule has 0 aromatic carbocycles. The van der Waals surface area contributed by atoms with Crippen molar-refractivity contribution in [3.8, 4) is 0 Å². The van der Waals surface area contributed by atoms with E-state index in [-0.39, 0.29) is 31.1 Å². The van der Waals surface area contributed by atoms with Gasteiger partial charge in [0.25, 0.3) is 0 Å². The van der Waals surface area contributed by atoms with Gasteiger partial charge in [0, 0.05) is 19.3 Å². The Bertz CT molecular complexity index is 1360. The fourth-order valence-corrected chi connectivity index (χ4v) is 9.79. The van der Waals surface area contributed by atoms with Crippen molar-refractivity contribution in [1.82, 2.24) is 0 Å². The number of ether oxygens (including phenoxy) is 3. The number of allylic oxidation sites excluding steroid dienone is 10. The summed E-state index contributed by atoms with van der Waals surface area (Å²) in [5.41, 5.74) is 0. The third kappa shape index (κ3) is 62.0. The second-order valence-corrected chi connectivity index (χ2v) is 22.4. The summed E-state index contributed by atoms with van der Waals surface area (Å²) in [4.78, 5) is 38.3. The summed E-state index contributed by atoms with van der Waals surface area (Å²) in [5, 5.41) is 0. The summed E-state index contributed by atoms with van der Waals surface area (Å²) in [7, 11) is 0. The van der Waals surface area contributed by atoms with E-state index in [9.17, 15) is 14.4 Å². The van der Waals surface area contributed by atoms with Crippen molar-refractivity contribution in [3.63, 3.8) is 0 Å². The van der Waals surface area contributed by atoms with Crippen LogP contribution in [0, 0.1) is 0 Å². The SMILES string of the molecule is CC/C=C\C/C=C\C/C=C\C/C=C\CCCCC(=O)OCC(COC(=O)CCCCCCCCCCCCCCCCCCCCCCCCCCC)OC(=O)CCCCCCCCC/C=C\CCCCCCCCC. The highest BCUT2D eigenvalue weighted by Gasteiger charge is 2.19. The van der Waals surface area contributed by atoms with Crippen molar-refractivity contribution in [3.05, 3.63) is 60.8 Å².